The Morgan fingerprint density at radius 3 is 2.62 bits per heavy atom. The molecule has 0 aliphatic carbocycles. The number of hydrogen-bond donors (Lipinski definition) is 0. The lowest BCUT2D eigenvalue weighted by Crippen LogP contribution is -2.44. The van der Waals surface area contributed by atoms with Gasteiger partial charge in [0.05, 0.1) is 11.8 Å². The normalized spacial score (nSPS) is 17.5. The van der Waals surface area contributed by atoms with Crippen molar-refractivity contribution in [1.82, 2.24) is 14.7 Å². The van der Waals surface area contributed by atoms with Gasteiger partial charge in [-0.2, -0.15) is 10.4 Å². The maximum Gasteiger partial charge on any atom is 0.272 e. The molecule has 1 amide bonds. The summed E-state index contributed by atoms with van der Waals surface area (Å²) in [6.45, 7) is 6.01. The molecule has 0 unspecified atom stereocenters. The van der Waals surface area contributed by atoms with Crippen molar-refractivity contribution >= 4 is 17.7 Å². The third-order valence-corrected chi connectivity index (χ3v) is 5.45. The van der Waals surface area contributed by atoms with Crippen LogP contribution < -0.4 is 0 Å². The monoisotopic (exact) mass is 306 g/mol. The van der Waals surface area contributed by atoms with E-state index in [1.807, 2.05) is 31.1 Å². The summed E-state index contributed by atoms with van der Waals surface area (Å²) >= 11 is 1.60. The van der Waals surface area contributed by atoms with Crippen LogP contribution in [0.25, 0.3) is 0 Å². The number of piperidine rings is 1. The van der Waals surface area contributed by atoms with E-state index >= 15 is 0 Å². The average Bonchev–Trinajstić information content (AvgIpc) is 2.97. The van der Waals surface area contributed by atoms with Gasteiger partial charge in [0.2, 0.25) is 0 Å². The fourth-order valence-electron chi connectivity index (χ4n) is 2.65. The van der Waals surface area contributed by atoms with E-state index in [4.69, 9.17) is 0 Å². The van der Waals surface area contributed by atoms with Crippen molar-refractivity contribution in [2.45, 2.75) is 44.4 Å². The molecule has 2 heterocycles. The van der Waals surface area contributed by atoms with Crippen molar-refractivity contribution in [2.24, 2.45) is 0 Å². The molecule has 1 aromatic rings. The van der Waals surface area contributed by atoms with Gasteiger partial charge in [0, 0.05) is 19.6 Å². The molecule has 2 rings (SSSR count). The third kappa shape index (κ3) is 3.08. The van der Waals surface area contributed by atoms with Crippen LogP contribution in [0.2, 0.25) is 0 Å². The summed E-state index contributed by atoms with van der Waals surface area (Å²) in [6.07, 6.45) is 4.27. The van der Waals surface area contributed by atoms with E-state index < -0.39 is 0 Å². The Morgan fingerprint density at radius 1 is 1.48 bits per heavy atom. The highest BCUT2D eigenvalue weighted by molar-refractivity contribution is 8.00. The number of thioether (sulfide) groups is 1. The van der Waals surface area contributed by atoms with Crippen LogP contribution in [0.15, 0.2) is 6.07 Å². The van der Waals surface area contributed by atoms with Gasteiger partial charge in [-0.25, -0.2) is 0 Å². The molecular formula is C15H22N4OS. The predicted molar refractivity (Wildman–Crippen MR) is 84.3 cm³/mol. The molecular weight excluding hydrogens is 284 g/mol. The third-order valence-electron chi connectivity index (χ3n) is 4.16. The van der Waals surface area contributed by atoms with Gasteiger partial charge in [-0.05, 0) is 38.5 Å². The Balaban J connectivity index is 2.12. The number of carbonyl (C=O) groups excluding carboxylic acids is 1. The maximum atomic E-state index is 12.7. The summed E-state index contributed by atoms with van der Waals surface area (Å²) in [6, 6.07) is 4.30. The van der Waals surface area contributed by atoms with Gasteiger partial charge in [0.15, 0.2) is 0 Å². The first kappa shape index (κ1) is 15.9. The first-order chi connectivity index (χ1) is 10.1. The van der Waals surface area contributed by atoms with Gasteiger partial charge in [-0.15, -0.1) is 11.8 Å². The molecule has 1 aliphatic heterocycles. The lowest BCUT2D eigenvalue weighted by molar-refractivity contribution is 0.0704. The molecule has 6 heteroatoms. The Bertz CT molecular complexity index is 553. The summed E-state index contributed by atoms with van der Waals surface area (Å²) in [5, 5.41) is 13.7. The molecule has 0 radical (unpaired) electrons. The number of nitrogens with zero attached hydrogens (tertiary/aromatic N) is 4. The van der Waals surface area contributed by atoms with Gasteiger partial charge >= 0.3 is 0 Å². The van der Waals surface area contributed by atoms with Crippen LogP contribution in [0, 0.1) is 11.3 Å². The Hall–Kier alpha value is -1.48. The summed E-state index contributed by atoms with van der Waals surface area (Å²) in [7, 11) is 0. The average molecular weight is 306 g/mol. The fourth-order valence-corrected chi connectivity index (χ4v) is 3.33. The number of rotatable bonds is 4. The molecule has 0 aromatic carbocycles. The van der Waals surface area contributed by atoms with Crippen LogP contribution in [0.3, 0.4) is 0 Å². The van der Waals surface area contributed by atoms with Crippen molar-refractivity contribution in [3.63, 3.8) is 0 Å². The molecule has 1 fully saturated rings. The summed E-state index contributed by atoms with van der Waals surface area (Å²) < 4.78 is 1.46. The smallest absolute Gasteiger partial charge is 0.272 e. The molecule has 1 aliphatic rings. The summed E-state index contributed by atoms with van der Waals surface area (Å²) in [5.41, 5.74) is 1.62. The SMILES string of the molecule is CCc1cc(C(=O)N2CCC(C#N)(SC)CC2)n(CC)n1. The number of likely N-dealkylation sites (tertiary alicyclic amines) is 1. The molecule has 21 heavy (non-hydrogen) atoms. The number of carbonyl (C=O) groups is 1. The zero-order valence-corrected chi connectivity index (χ0v) is 13.7. The molecule has 0 atom stereocenters. The number of hydrogen-bond acceptors (Lipinski definition) is 4. The van der Waals surface area contributed by atoms with Crippen LogP contribution in [0.5, 0.6) is 0 Å². The Kier molecular flexibility index (Phi) is 4.94. The van der Waals surface area contributed by atoms with Gasteiger partial charge in [0.25, 0.3) is 5.91 Å². The van der Waals surface area contributed by atoms with Crippen molar-refractivity contribution in [3.8, 4) is 6.07 Å². The molecule has 114 valence electrons. The lowest BCUT2D eigenvalue weighted by atomic mass is 9.97. The quantitative estimate of drug-likeness (QED) is 0.856. The molecule has 1 saturated heterocycles. The molecule has 5 nitrogen and oxygen atoms in total. The van der Waals surface area contributed by atoms with Crippen LogP contribution >= 0.6 is 11.8 Å². The molecule has 1 aromatic heterocycles. The number of amides is 1. The van der Waals surface area contributed by atoms with Crippen LogP contribution in [-0.4, -0.2) is 44.7 Å². The standard InChI is InChI=1S/C15H22N4OS/c1-4-12-10-13(19(5-2)17-12)14(20)18-8-6-15(11-16,21-3)7-9-18/h10H,4-9H2,1-3H3. The fraction of sp³-hybridized carbons (Fsp3) is 0.667. The zero-order chi connectivity index (χ0) is 15.5. The molecule has 0 N–H and O–H groups in total. The first-order valence-corrected chi connectivity index (χ1v) is 8.64. The van der Waals surface area contributed by atoms with E-state index in [9.17, 15) is 10.1 Å². The minimum Gasteiger partial charge on any atom is -0.337 e. The molecule has 0 spiro atoms. The Morgan fingerprint density at radius 2 is 2.14 bits per heavy atom. The largest absolute Gasteiger partial charge is 0.337 e. The van der Waals surface area contributed by atoms with Crippen molar-refractivity contribution in [3.05, 3.63) is 17.5 Å². The van der Waals surface area contributed by atoms with Crippen LogP contribution in [-0.2, 0) is 13.0 Å². The van der Waals surface area contributed by atoms with E-state index in [0.29, 0.717) is 25.3 Å². The highest BCUT2D eigenvalue weighted by atomic mass is 32.2. The summed E-state index contributed by atoms with van der Waals surface area (Å²) in [4.78, 5) is 14.5. The zero-order valence-electron chi connectivity index (χ0n) is 12.9. The summed E-state index contributed by atoms with van der Waals surface area (Å²) in [5.74, 6) is 0.0386. The van der Waals surface area contributed by atoms with E-state index in [1.54, 1.807) is 16.4 Å². The second kappa shape index (κ2) is 6.52. The van der Waals surface area contributed by atoms with Gasteiger partial charge < -0.3 is 4.90 Å². The van der Waals surface area contributed by atoms with Gasteiger partial charge in [0.1, 0.15) is 10.4 Å². The van der Waals surface area contributed by atoms with Crippen molar-refractivity contribution < 1.29 is 4.79 Å². The number of aromatic nitrogens is 2. The van der Waals surface area contributed by atoms with E-state index in [0.717, 1.165) is 25.0 Å². The van der Waals surface area contributed by atoms with Gasteiger partial charge in [-0.3, -0.25) is 9.48 Å². The number of nitriles is 1. The topological polar surface area (TPSA) is 61.9 Å². The van der Waals surface area contributed by atoms with E-state index in [1.165, 1.54) is 0 Å². The van der Waals surface area contributed by atoms with Gasteiger partial charge in [-0.1, -0.05) is 6.92 Å². The predicted octanol–water partition coefficient (Wildman–Crippen LogP) is 2.33. The van der Waals surface area contributed by atoms with Crippen molar-refractivity contribution in [2.75, 3.05) is 19.3 Å². The highest BCUT2D eigenvalue weighted by Gasteiger charge is 2.36. The van der Waals surface area contributed by atoms with E-state index in [2.05, 4.69) is 11.2 Å². The second-order valence-electron chi connectivity index (χ2n) is 5.29. The second-order valence-corrected chi connectivity index (χ2v) is 6.48. The van der Waals surface area contributed by atoms with Crippen molar-refractivity contribution in [1.29, 1.82) is 5.26 Å². The van der Waals surface area contributed by atoms with Crippen LogP contribution in [0.1, 0.15) is 42.9 Å². The first-order valence-electron chi connectivity index (χ1n) is 7.41. The number of aryl methyl sites for hydroxylation is 2. The Labute approximate surface area is 130 Å². The minimum absolute atomic E-state index is 0.0386. The van der Waals surface area contributed by atoms with Crippen LogP contribution in [0.4, 0.5) is 0 Å². The van der Waals surface area contributed by atoms with E-state index in [-0.39, 0.29) is 10.7 Å². The highest BCUT2D eigenvalue weighted by Crippen LogP contribution is 2.34. The molecule has 0 bridgehead atoms. The molecule has 0 saturated carbocycles. The minimum atomic E-state index is -0.323. The lowest BCUT2D eigenvalue weighted by Gasteiger charge is -2.36. The maximum absolute atomic E-state index is 12.7.